The fourth-order valence-electron chi connectivity index (χ4n) is 1.82. The Bertz CT molecular complexity index is 592. The van der Waals surface area contributed by atoms with Crippen molar-refractivity contribution in [3.63, 3.8) is 0 Å². The number of hydrogen-bond acceptors (Lipinski definition) is 7. The number of aromatic nitrogens is 2. The molecule has 1 aromatic rings. The van der Waals surface area contributed by atoms with Gasteiger partial charge in [-0.15, -0.1) is 0 Å². The van der Waals surface area contributed by atoms with Crippen LogP contribution in [0.15, 0.2) is 6.20 Å². The normalized spacial score (nSPS) is 19.0. The van der Waals surface area contributed by atoms with Gasteiger partial charge in [-0.25, -0.2) is 13.4 Å². The van der Waals surface area contributed by atoms with E-state index in [1.165, 1.54) is 0 Å². The van der Waals surface area contributed by atoms with Gasteiger partial charge >= 0.3 is 5.69 Å². The molecule has 2 rings (SSSR count). The molecule has 0 radical (unpaired) electrons. The van der Waals surface area contributed by atoms with Gasteiger partial charge in [0, 0.05) is 6.04 Å². The zero-order valence-corrected chi connectivity index (χ0v) is 11.3. The number of hydrogen-bond donors (Lipinski definition) is 1. The predicted octanol–water partition coefficient (Wildman–Crippen LogP) is 1.03. The summed E-state index contributed by atoms with van der Waals surface area (Å²) in [7, 11) is -2.98. The Balaban J connectivity index is 2.15. The maximum absolute atomic E-state index is 11.3. The molecule has 0 unspecified atom stereocenters. The number of sulfone groups is 1. The largest absolute Gasteiger partial charge is 0.361 e. The average Bonchev–Trinajstić information content (AvgIpc) is 2.31. The van der Waals surface area contributed by atoms with Gasteiger partial charge in [-0.05, 0) is 24.4 Å². The third-order valence-corrected chi connectivity index (χ3v) is 4.73. The summed E-state index contributed by atoms with van der Waals surface area (Å²) in [5, 5.41) is 13.6. The molecule has 1 aliphatic heterocycles. The van der Waals surface area contributed by atoms with Crippen molar-refractivity contribution in [2.45, 2.75) is 18.9 Å². The first-order chi connectivity index (χ1) is 8.87. The molecule has 0 aliphatic carbocycles. The van der Waals surface area contributed by atoms with E-state index in [0.717, 1.165) is 6.20 Å². The lowest BCUT2D eigenvalue weighted by Crippen LogP contribution is -2.32. The molecule has 1 N–H and O–H groups in total. The molecule has 104 valence electrons. The molecule has 1 aromatic heterocycles. The van der Waals surface area contributed by atoms with Crippen LogP contribution in [0.2, 0.25) is 5.28 Å². The van der Waals surface area contributed by atoms with Crippen molar-refractivity contribution in [1.29, 1.82) is 0 Å². The van der Waals surface area contributed by atoms with Crippen LogP contribution in [0.25, 0.3) is 0 Å². The Hall–Kier alpha value is -1.48. The molecule has 0 bridgehead atoms. The highest BCUT2D eigenvalue weighted by molar-refractivity contribution is 7.91. The number of rotatable bonds is 3. The summed E-state index contributed by atoms with van der Waals surface area (Å²) in [5.41, 5.74) is -0.280. The number of nitrogens with one attached hydrogen (secondary N) is 1. The lowest BCUT2D eigenvalue weighted by atomic mass is 10.1. The summed E-state index contributed by atoms with van der Waals surface area (Å²) in [5.74, 6) is 0.156. The number of nitrogens with zero attached hydrogens (tertiary/aromatic N) is 3. The van der Waals surface area contributed by atoms with Gasteiger partial charge in [-0.2, -0.15) is 4.98 Å². The van der Waals surface area contributed by atoms with Gasteiger partial charge in [0.25, 0.3) is 0 Å². The summed E-state index contributed by atoms with van der Waals surface area (Å²) in [6.45, 7) is 0. The Kier molecular flexibility index (Phi) is 3.85. The van der Waals surface area contributed by atoms with E-state index in [-0.39, 0.29) is 34.3 Å². The highest BCUT2D eigenvalue weighted by Crippen LogP contribution is 2.25. The first kappa shape index (κ1) is 13.9. The minimum atomic E-state index is -2.98. The maximum atomic E-state index is 11.3. The van der Waals surface area contributed by atoms with E-state index in [0.29, 0.717) is 12.8 Å². The van der Waals surface area contributed by atoms with E-state index < -0.39 is 14.8 Å². The van der Waals surface area contributed by atoms with Crippen LogP contribution < -0.4 is 5.32 Å². The van der Waals surface area contributed by atoms with Crippen LogP contribution in [0, 0.1) is 10.1 Å². The molecule has 1 aliphatic rings. The van der Waals surface area contributed by atoms with Crippen LogP contribution in [-0.4, -0.2) is 40.9 Å². The van der Waals surface area contributed by atoms with E-state index in [2.05, 4.69) is 15.3 Å². The predicted molar refractivity (Wildman–Crippen MR) is 69.0 cm³/mol. The van der Waals surface area contributed by atoms with Gasteiger partial charge in [0.1, 0.15) is 16.0 Å². The lowest BCUT2D eigenvalue weighted by molar-refractivity contribution is -0.384. The first-order valence-corrected chi connectivity index (χ1v) is 7.71. The lowest BCUT2D eigenvalue weighted by Gasteiger charge is -2.23. The van der Waals surface area contributed by atoms with Crippen LogP contribution >= 0.6 is 11.6 Å². The van der Waals surface area contributed by atoms with Crippen molar-refractivity contribution in [1.82, 2.24) is 9.97 Å². The molecule has 19 heavy (non-hydrogen) atoms. The standard InChI is InChI=1S/C9H11ClN4O4S/c10-9-11-5-7(14(15)16)8(13-9)12-6-1-3-19(17,18)4-2-6/h5-6H,1-4H2,(H,11,12,13). The quantitative estimate of drug-likeness (QED) is 0.503. The second-order valence-electron chi connectivity index (χ2n) is 4.20. The molecule has 10 heteroatoms. The fraction of sp³-hybridized carbons (Fsp3) is 0.556. The molecule has 2 heterocycles. The van der Waals surface area contributed by atoms with E-state index in [9.17, 15) is 18.5 Å². The zero-order chi connectivity index (χ0) is 14.0. The summed E-state index contributed by atoms with van der Waals surface area (Å²) in [4.78, 5) is 17.5. The van der Waals surface area contributed by atoms with Gasteiger partial charge < -0.3 is 5.32 Å². The van der Waals surface area contributed by atoms with E-state index in [4.69, 9.17) is 11.6 Å². The molecular formula is C9H11ClN4O4S. The first-order valence-electron chi connectivity index (χ1n) is 5.51. The molecule has 0 atom stereocenters. The molecule has 8 nitrogen and oxygen atoms in total. The minimum Gasteiger partial charge on any atom is -0.361 e. The van der Waals surface area contributed by atoms with Crippen molar-refractivity contribution < 1.29 is 13.3 Å². The Labute approximate surface area is 114 Å². The van der Waals surface area contributed by atoms with E-state index in [1.54, 1.807) is 0 Å². The Morgan fingerprint density at radius 3 is 2.63 bits per heavy atom. The SMILES string of the molecule is O=[N+]([O-])c1cnc(Cl)nc1NC1CCS(=O)(=O)CC1. The molecular weight excluding hydrogens is 296 g/mol. The van der Waals surface area contributed by atoms with Crippen molar-refractivity contribution in [3.05, 3.63) is 21.6 Å². The molecule has 1 fully saturated rings. The van der Waals surface area contributed by atoms with Gasteiger partial charge in [-0.1, -0.05) is 0 Å². The highest BCUT2D eigenvalue weighted by atomic mass is 35.5. The van der Waals surface area contributed by atoms with Gasteiger partial charge in [0.15, 0.2) is 0 Å². The minimum absolute atomic E-state index is 0.0225. The maximum Gasteiger partial charge on any atom is 0.329 e. The van der Waals surface area contributed by atoms with Crippen molar-refractivity contribution in [2.75, 3.05) is 16.8 Å². The molecule has 1 saturated heterocycles. The van der Waals surface area contributed by atoms with Crippen molar-refractivity contribution in [2.24, 2.45) is 0 Å². The summed E-state index contributed by atoms with van der Waals surface area (Å²) in [6, 6.07) is -0.173. The molecule has 0 spiro atoms. The number of anilines is 1. The zero-order valence-electron chi connectivity index (χ0n) is 9.74. The smallest absolute Gasteiger partial charge is 0.329 e. The van der Waals surface area contributed by atoms with Crippen LogP contribution in [0.4, 0.5) is 11.5 Å². The Morgan fingerprint density at radius 1 is 1.42 bits per heavy atom. The van der Waals surface area contributed by atoms with Crippen LogP contribution in [-0.2, 0) is 9.84 Å². The van der Waals surface area contributed by atoms with Gasteiger partial charge in [0.2, 0.25) is 11.1 Å². The Morgan fingerprint density at radius 2 is 2.05 bits per heavy atom. The topological polar surface area (TPSA) is 115 Å². The second-order valence-corrected chi connectivity index (χ2v) is 6.84. The van der Waals surface area contributed by atoms with Crippen molar-refractivity contribution in [3.8, 4) is 0 Å². The number of nitro groups is 1. The van der Waals surface area contributed by atoms with Gasteiger partial charge in [-0.3, -0.25) is 10.1 Å². The summed E-state index contributed by atoms with van der Waals surface area (Å²) >= 11 is 5.60. The van der Waals surface area contributed by atoms with Crippen LogP contribution in [0.1, 0.15) is 12.8 Å². The third kappa shape index (κ3) is 3.51. The van der Waals surface area contributed by atoms with Crippen molar-refractivity contribution >= 4 is 32.9 Å². The monoisotopic (exact) mass is 306 g/mol. The molecule has 0 amide bonds. The van der Waals surface area contributed by atoms with E-state index >= 15 is 0 Å². The second kappa shape index (κ2) is 5.25. The van der Waals surface area contributed by atoms with E-state index in [1.807, 2.05) is 0 Å². The molecule has 0 saturated carbocycles. The van der Waals surface area contributed by atoms with Gasteiger partial charge in [0.05, 0.1) is 16.4 Å². The fourth-order valence-corrected chi connectivity index (χ4v) is 3.45. The van der Waals surface area contributed by atoms with Crippen LogP contribution in [0.3, 0.4) is 0 Å². The third-order valence-electron chi connectivity index (χ3n) is 2.83. The average molecular weight is 307 g/mol. The summed E-state index contributed by atoms with van der Waals surface area (Å²) < 4.78 is 22.6. The van der Waals surface area contributed by atoms with Crippen LogP contribution in [0.5, 0.6) is 0 Å². The molecule has 0 aromatic carbocycles. The highest BCUT2D eigenvalue weighted by Gasteiger charge is 2.26. The number of halogens is 1. The summed E-state index contributed by atoms with van der Waals surface area (Å²) in [6.07, 6.45) is 1.81.